The Hall–Kier alpha value is 0.184. The molecule has 9 heavy (non-hydrogen) atoms. The maximum atomic E-state index is 7.03. The first kappa shape index (κ1) is 7.29. The van der Waals surface area contributed by atoms with Crippen LogP contribution < -0.4 is 0 Å². The Bertz CT molecular complexity index is 177. The largest absolute Gasteiger partial charge is 0.427 e. The predicted octanol–water partition coefficient (Wildman–Crippen LogP) is 0.891. The Morgan fingerprint density at radius 3 is 2.22 bits per heavy atom. The molecular formula is C6H7N2Y-. The quantitative estimate of drug-likeness (QED) is 0.577. The third kappa shape index (κ3) is 3.02. The second-order valence-electron chi connectivity index (χ2n) is 1.62. The smallest absolute Gasteiger partial charge is 0.108 e. The molecule has 1 aromatic rings. The summed E-state index contributed by atoms with van der Waals surface area (Å²) in [7, 11) is 0. The Labute approximate surface area is 81.4 Å². The van der Waals surface area contributed by atoms with Gasteiger partial charge in [-0.1, -0.05) is 13.8 Å². The van der Waals surface area contributed by atoms with Crippen molar-refractivity contribution in [3.63, 3.8) is 0 Å². The van der Waals surface area contributed by atoms with E-state index in [4.69, 9.17) is 1.37 Å². The maximum Gasteiger partial charge on any atom is 0.108 e. The van der Waals surface area contributed by atoms with Crippen LogP contribution in [0.5, 0.6) is 0 Å². The molecule has 0 fully saturated rings. The van der Waals surface area contributed by atoms with E-state index in [0.717, 1.165) is 11.4 Å². The van der Waals surface area contributed by atoms with E-state index in [2.05, 4.69) is 16.0 Å². The average Bonchev–Trinajstić information content (AvgIpc) is 1.59. The summed E-state index contributed by atoms with van der Waals surface area (Å²) in [5.41, 5.74) is 1.46. The van der Waals surface area contributed by atoms with Gasteiger partial charge in [-0.3, -0.25) is 9.97 Å². The number of nitrogens with zero attached hydrogens (tertiary/aromatic N) is 2. The molecule has 1 radical (unpaired) electrons. The molecular weight excluding hydrogens is 189 g/mol. The number of hydrogen-bond donors (Lipinski definition) is 0. The minimum Gasteiger partial charge on any atom is -0.427 e. The minimum atomic E-state index is 0. The monoisotopic (exact) mass is 197 g/mol. The molecule has 0 saturated carbocycles. The summed E-state index contributed by atoms with van der Waals surface area (Å²) in [6.07, 6.45) is 0.0729. The molecule has 2 nitrogen and oxygen atoms in total. The zero-order valence-electron chi connectivity index (χ0n) is 6.47. The summed E-state index contributed by atoms with van der Waals surface area (Å²) < 4.78 is 7.03. The number of aromatic nitrogens is 2. The van der Waals surface area contributed by atoms with Gasteiger partial charge in [0.25, 0.3) is 0 Å². The van der Waals surface area contributed by atoms with Crippen LogP contribution in [0.3, 0.4) is 0 Å². The average molecular weight is 197 g/mol. The van der Waals surface area contributed by atoms with Gasteiger partial charge in [0, 0.05) is 32.7 Å². The summed E-state index contributed by atoms with van der Waals surface area (Å²) >= 11 is 0. The molecule has 45 valence electrons. The topological polar surface area (TPSA) is 25.8 Å². The van der Waals surface area contributed by atoms with Crippen LogP contribution in [-0.4, -0.2) is 9.97 Å². The van der Waals surface area contributed by atoms with Crippen LogP contribution in [0, 0.1) is 19.9 Å². The van der Waals surface area contributed by atoms with Gasteiger partial charge in [0.1, 0.15) is 7.67 Å². The normalized spacial score (nSPS) is 9.78. The number of hydrogen-bond acceptors (Lipinski definition) is 2. The van der Waals surface area contributed by atoms with Crippen LogP contribution in [0.2, 0.25) is 0 Å². The zero-order valence-corrected chi connectivity index (χ0v) is 8.31. The molecule has 0 aromatic carbocycles. The molecule has 3 heteroatoms. The molecule has 0 atom stereocenters. The van der Waals surface area contributed by atoms with Gasteiger partial charge in [-0.05, 0) is 0 Å². The zero-order chi connectivity index (χ0) is 6.85. The summed E-state index contributed by atoms with van der Waals surface area (Å²) in [5.74, 6) is 0. The first-order valence-electron chi connectivity index (χ1n) is 2.89. The fourth-order valence-electron chi connectivity index (χ4n) is 0.493. The van der Waals surface area contributed by atoms with Gasteiger partial charge in [0.15, 0.2) is 0 Å². The predicted molar refractivity (Wildman–Crippen MR) is 30.3 cm³/mol. The van der Waals surface area contributed by atoms with Crippen LogP contribution in [0.1, 0.15) is 12.8 Å². The molecule has 0 aliphatic carbocycles. The van der Waals surface area contributed by atoms with Crippen molar-refractivity contribution in [3.8, 4) is 0 Å². The van der Waals surface area contributed by atoms with Crippen molar-refractivity contribution in [2.75, 3.05) is 0 Å². The molecule has 0 bridgehead atoms. The summed E-state index contributed by atoms with van der Waals surface area (Å²) in [6.45, 7) is 3.60. The van der Waals surface area contributed by atoms with Crippen molar-refractivity contribution in [1.82, 2.24) is 9.97 Å². The molecule has 1 heterocycles. The van der Waals surface area contributed by atoms with Crippen LogP contribution in [-0.2, 0) is 32.7 Å². The van der Waals surface area contributed by atoms with Gasteiger partial charge in [-0.15, -0.1) is 11.4 Å². The van der Waals surface area contributed by atoms with Gasteiger partial charge in [0.2, 0.25) is 0 Å². The van der Waals surface area contributed by atoms with Crippen molar-refractivity contribution in [2.24, 2.45) is 0 Å². The van der Waals surface area contributed by atoms with E-state index in [0.29, 0.717) is 0 Å². The van der Waals surface area contributed by atoms with E-state index < -0.39 is 0 Å². The van der Waals surface area contributed by atoms with E-state index in [9.17, 15) is 0 Å². The molecule has 0 aliphatic heterocycles. The Morgan fingerprint density at radius 1 is 1.44 bits per heavy atom. The van der Waals surface area contributed by atoms with E-state index in [1.807, 2.05) is 0 Å². The molecule has 1 aromatic heterocycles. The van der Waals surface area contributed by atoms with Gasteiger partial charge in [0.05, 0.1) is 0 Å². The molecule has 0 aliphatic rings. The van der Waals surface area contributed by atoms with Crippen molar-refractivity contribution >= 4 is 0 Å². The second-order valence-corrected chi connectivity index (χ2v) is 1.62. The van der Waals surface area contributed by atoms with Gasteiger partial charge in [-0.2, -0.15) is 0 Å². The van der Waals surface area contributed by atoms with Crippen molar-refractivity contribution in [3.05, 3.63) is 23.8 Å². The van der Waals surface area contributed by atoms with Gasteiger partial charge >= 0.3 is 0 Å². The van der Waals surface area contributed by atoms with E-state index in [1.54, 1.807) is 13.8 Å². The second kappa shape index (κ2) is 4.07. The van der Waals surface area contributed by atoms with Crippen molar-refractivity contribution < 1.29 is 34.1 Å². The number of rotatable bonds is 0. The van der Waals surface area contributed by atoms with Gasteiger partial charge < -0.3 is 6.07 Å². The molecule has 0 unspecified atom stereocenters. The van der Waals surface area contributed by atoms with Crippen LogP contribution >= 0.6 is 0 Å². The summed E-state index contributed by atoms with van der Waals surface area (Å²) in [6, 6.07) is 2.87. The Morgan fingerprint density at radius 2 is 1.89 bits per heavy atom. The fraction of sp³-hybridized carbons (Fsp3) is 0.333. The maximum absolute atomic E-state index is 7.03. The van der Waals surface area contributed by atoms with Gasteiger partial charge in [-0.25, -0.2) is 0 Å². The molecule has 0 saturated heterocycles. The van der Waals surface area contributed by atoms with E-state index >= 15 is 0 Å². The minimum absolute atomic E-state index is 0. The summed E-state index contributed by atoms with van der Waals surface area (Å²) in [4.78, 5) is 7.47. The van der Waals surface area contributed by atoms with Crippen LogP contribution in [0.15, 0.2) is 6.30 Å². The SMILES string of the molecule is [2H]c1nc(C)[c-]c(C)n1.[Y]. The van der Waals surface area contributed by atoms with Crippen LogP contribution in [0.4, 0.5) is 0 Å². The van der Waals surface area contributed by atoms with Crippen molar-refractivity contribution in [2.45, 2.75) is 13.8 Å². The third-order valence-electron chi connectivity index (χ3n) is 0.797. The first-order chi connectivity index (χ1) is 4.18. The van der Waals surface area contributed by atoms with Crippen LogP contribution in [0.25, 0.3) is 0 Å². The molecule has 0 spiro atoms. The first-order valence-corrected chi connectivity index (χ1v) is 2.39. The van der Waals surface area contributed by atoms with E-state index in [1.165, 1.54) is 0 Å². The molecule has 0 N–H and O–H groups in total. The standard InChI is InChI=1S/C6H7N2.Y/c1-5-3-6(2)8-4-7-5;/h4H,1-2H3;/q-1;/i4D;. The molecule has 0 amide bonds. The fourth-order valence-corrected chi connectivity index (χ4v) is 0.493. The van der Waals surface area contributed by atoms with Crippen molar-refractivity contribution in [1.29, 1.82) is 0 Å². The Balaban J connectivity index is 0.000000810. The van der Waals surface area contributed by atoms with E-state index in [-0.39, 0.29) is 39.0 Å². The Kier molecular flexibility index (Phi) is 3.30. The number of aryl methyl sites for hydroxylation is 2. The summed E-state index contributed by atoms with van der Waals surface area (Å²) in [5, 5.41) is 0. The molecule has 1 rings (SSSR count). The third-order valence-corrected chi connectivity index (χ3v) is 0.797.